The van der Waals surface area contributed by atoms with Gasteiger partial charge in [-0.3, -0.25) is 0 Å². The van der Waals surface area contributed by atoms with Crippen LogP contribution in [-0.4, -0.2) is 0 Å². The van der Waals surface area contributed by atoms with E-state index in [1.54, 1.807) is 6.07 Å². The van der Waals surface area contributed by atoms with Crippen molar-refractivity contribution < 1.29 is 0 Å². The number of anilines is 1. The molecule has 1 N–H and O–H groups in total. The number of nitrogens with one attached hydrogen (secondary N) is 1. The van der Waals surface area contributed by atoms with Crippen molar-refractivity contribution in [3.05, 3.63) is 73.7 Å². The van der Waals surface area contributed by atoms with Crippen LogP contribution in [0.2, 0.25) is 20.1 Å². The standard InChI is InChI=1S/C18H13Cl4N/c19-9-4-5-13(14(21)6-9)18-12-3-1-2-11(12)17-15(22)7-10(20)8-16(17)23-18/h1-2,4-8,11-12,18,23H,3H2/t11-,12-,18+/m0/s1. The predicted octanol–water partition coefficient (Wildman–Crippen LogP) is 7.13. The van der Waals surface area contributed by atoms with Gasteiger partial charge in [0, 0.05) is 37.3 Å². The van der Waals surface area contributed by atoms with Gasteiger partial charge in [-0.25, -0.2) is 0 Å². The molecule has 0 saturated heterocycles. The number of halogens is 4. The Bertz CT molecular complexity index is 815. The van der Waals surface area contributed by atoms with Crippen molar-refractivity contribution in [2.45, 2.75) is 18.4 Å². The molecule has 1 heterocycles. The lowest BCUT2D eigenvalue weighted by Crippen LogP contribution is -2.29. The molecule has 2 aromatic carbocycles. The van der Waals surface area contributed by atoms with Crippen LogP contribution in [0.3, 0.4) is 0 Å². The van der Waals surface area contributed by atoms with Gasteiger partial charge in [0.05, 0.1) is 6.04 Å². The summed E-state index contributed by atoms with van der Waals surface area (Å²) in [4.78, 5) is 0. The summed E-state index contributed by atoms with van der Waals surface area (Å²) in [5, 5.41) is 6.25. The minimum Gasteiger partial charge on any atom is -0.378 e. The van der Waals surface area contributed by atoms with Crippen molar-refractivity contribution >= 4 is 52.1 Å². The monoisotopic (exact) mass is 383 g/mol. The van der Waals surface area contributed by atoms with Crippen LogP contribution < -0.4 is 5.32 Å². The van der Waals surface area contributed by atoms with Crippen LogP contribution in [0.15, 0.2) is 42.5 Å². The SMILES string of the molecule is Clc1ccc([C@@H]2Nc3cc(Cl)cc(Cl)c3[C@H]3C=CC[C@@H]32)c(Cl)c1. The molecule has 4 rings (SSSR count). The summed E-state index contributed by atoms with van der Waals surface area (Å²) in [5.74, 6) is 0.646. The molecule has 0 spiro atoms. The van der Waals surface area contributed by atoms with Gasteiger partial charge in [0.25, 0.3) is 0 Å². The fraction of sp³-hybridized carbons (Fsp3) is 0.222. The second-order valence-electron chi connectivity index (χ2n) is 5.99. The van der Waals surface area contributed by atoms with Gasteiger partial charge in [-0.2, -0.15) is 0 Å². The van der Waals surface area contributed by atoms with Gasteiger partial charge in [-0.1, -0.05) is 64.6 Å². The van der Waals surface area contributed by atoms with Gasteiger partial charge in [-0.05, 0) is 42.2 Å². The fourth-order valence-electron chi connectivity index (χ4n) is 3.71. The minimum atomic E-state index is 0.0989. The highest BCUT2D eigenvalue weighted by atomic mass is 35.5. The third kappa shape index (κ3) is 2.64. The molecule has 1 nitrogen and oxygen atoms in total. The molecule has 0 fully saturated rings. The lowest BCUT2D eigenvalue weighted by molar-refractivity contribution is 0.426. The Hall–Kier alpha value is -0.860. The molecule has 0 radical (unpaired) electrons. The number of allylic oxidation sites excluding steroid dienone is 2. The second-order valence-corrected chi connectivity index (χ2v) is 7.68. The third-order valence-corrected chi connectivity index (χ3v) is 5.77. The maximum Gasteiger partial charge on any atom is 0.0568 e. The van der Waals surface area contributed by atoms with Crippen LogP contribution in [0, 0.1) is 5.92 Å². The molecule has 0 amide bonds. The van der Waals surface area contributed by atoms with Crippen LogP contribution in [0.1, 0.15) is 29.5 Å². The highest BCUT2D eigenvalue weighted by Crippen LogP contribution is 2.53. The van der Waals surface area contributed by atoms with Crippen molar-refractivity contribution in [3.63, 3.8) is 0 Å². The molecule has 23 heavy (non-hydrogen) atoms. The van der Waals surface area contributed by atoms with E-state index in [4.69, 9.17) is 46.4 Å². The summed E-state index contributed by atoms with van der Waals surface area (Å²) in [6, 6.07) is 9.50. The van der Waals surface area contributed by atoms with E-state index in [0.717, 1.165) is 23.2 Å². The molecule has 2 aliphatic rings. The summed E-state index contributed by atoms with van der Waals surface area (Å²) in [5.41, 5.74) is 3.15. The normalized spacial score (nSPS) is 25.0. The van der Waals surface area contributed by atoms with Crippen LogP contribution in [-0.2, 0) is 0 Å². The fourth-order valence-corrected chi connectivity index (χ4v) is 4.85. The van der Waals surface area contributed by atoms with Crippen LogP contribution >= 0.6 is 46.4 Å². The number of fused-ring (bicyclic) bond motifs is 3. The second kappa shape index (κ2) is 5.89. The first-order valence-corrected chi connectivity index (χ1v) is 8.93. The molecular formula is C18H13Cl4N. The van der Waals surface area contributed by atoms with Gasteiger partial charge in [0.1, 0.15) is 0 Å². The van der Waals surface area contributed by atoms with Crippen molar-refractivity contribution in [3.8, 4) is 0 Å². The Morgan fingerprint density at radius 2 is 1.70 bits per heavy atom. The molecule has 0 bridgehead atoms. The first kappa shape index (κ1) is 15.7. The number of benzene rings is 2. The van der Waals surface area contributed by atoms with E-state index in [2.05, 4.69) is 17.5 Å². The van der Waals surface area contributed by atoms with Crippen LogP contribution in [0.4, 0.5) is 5.69 Å². The van der Waals surface area contributed by atoms with Crippen molar-refractivity contribution in [2.75, 3.05) is 5.32 Å². The van der Waals surface area contributed by atoms with Crippen molar-refractivity contribution in [2.24, 2.45) is 5.92 Å². The van der Waals surface area contributed by atoms with Gasteiger partial charge < -0.3 is 5.32 Å². The summed E-state index contributed by atoms with van der Waals surface area (Å²) in [7, 11) is 0. The maximum absolute atomic E-state index is 6.46. The number of hydrogen-bond donors (Lipinski definition) is 1. The van der Waals surface area contributed by atoms with Crippen LogP contribution in [0.5, 0.6) is 0 Å². The first-order chi connectivity index (χ1) is 11.0. The Morgan fingerprint density at radius 1 is 0.913 bits per heavy atom. The van der Waals surface area contributed by atoms with Gasteiger partial charge in [0.2, 0.25) is 0 Å². The van der Waals surface area contributed by atoms with Gasteiger partial charge >= 0.3 is 0 Å². The highest BCUT2D eigenvalue weighted by Gasteiger charge is 2.39. The molecule has 118 valence electrons. The summed E-state index contributed by atoms with van der Waals surface area (Å²) < 4.78 is 0. The molecule has 1 aliphatic heterocycles. The Kier molecular flexibility index (Phi) is 4.01. The topological polar surface area (TPSA) is 12.0 Å². The highest BCUT2D eigenvalue weighted by molar-refractivity contribution is 6.36. The largest absolute Gasteiger partial charge is 0.378 e. The quantitative estimate of drug-likeness (QED) is 0.515. The smallest absolute Gasteiger partial charge is 0.0568 e. The van der Waals surface area contributed by atoms with E-state index >= 15 is 0 Å². The van der Waals surface area contributed by atoms with E-state index in [9.17, 15) is 0 Å². The van der Waals surface area contributed by atoms with Crippen LogP contribution in [0.25, 0.3) is 0 Å². The zero-order valence-electron chi connectivity index (χ0n) is 12.0. The lowest BCUT2D eigenvalue weighted by Gasteiger charge is -2.38. The average Bonchev–Trinajstić information content (AvgIpc) is 2.95. The van der Waals surface area contributed by atoms with Crippen molar-refractivity contribution in [1.82, 2.24) is 0 Å². The third-order valence-electron chi connectivity index (χ3n) is 4.68. The Labute approximate surface area is 155 Å². The van der Waals surface area contributed by atoms with Gasteiger partial charge in [0.15, 0.2) is 0 Å². The average molecular weight is 385 g/mol. The molecule has 0 unspecified atom stereocenters. The predicted molar refractivity (Wildman–Crippen MR) is 99.3 cm³/mol. The molecule has 1 aliphatic carbocycles. The molecule has 0 saturated carbocycles. The maximum atomic E-state index is 6.46. The molecule has 2 aromatic rings. The first-order valence-electron chi connectivity index (χ1n) is 7.41. The number of rotatable bonds is 1. The number of hydrogen-bond acceptors (Lipinski definition) is 1. The van der Waals surface area contributed by atoms with E-state index in [0.29, 0.717) is 26.0 Å². The summed E-state index contributed by atoms with van der Waals surface area (Å²) >= 11 is 25.1. The van der Waals surface area contributed by atoms with Gasteiger partial charge in [-0.15, -0.1) is 0 Å². The zero-order valence-corrected chi connectivity index (χ0v) is 15.0. The van der Waals surface area contributed by atoms with E-state index in [-0.39, 0.29) is 12.0 Å². The van der Waals surface area contributed by atoms with E-state index < -0.39 is 0 Å². The molecule has 3 atom stereocenters. The van der Waals surface area contributed by atoms with E-state index in [1.165, 1.54) is 0 Å². The Balaban J connectivity index is 1.84. The van der Waals surface area contributed by atoms with E-state index in [1.807, 2.05) is 24.3 Å². The Morgan fingerprint density at radius 3 is 2.48 bits per heavy atom. The lowest BCUT2D eigenvalue weighted by atomic mass is 9.77. The molecular weight excluding hydrogens is 372 g/mol. The zero-order chi connectivity index (χ0) is 16.1. The summed E-state index contributed by atoms with van der Waals surface area (Å²) in [6.45, 7) is 0. The summed E-state index contributed by atoms with van der Waals surface area (Å²) in [6.07, 6.45) is 5.44. The minimum absolute atomic E-state index is 0.0989. The van der Waals surface area contributed by atoms with Crippen molar-refractivity contribution in [1.29, 1.82) is 0 Å². The molecule has 5 heteroatoms. The molecule has 0 aromatic heterocycles.